The van der Waals surface area contributed by atoms with Gasteiger partial charge < -0.3 is 14.2 Å². The molecule has 2 heterocycles. The fraction of sp³-hybridized carbons (Fsp3) is 0.238. The Labute approximate surface area is 147 Å². The molecule has 1 fully saturated rings. The number of hydrogen-bond donors (Lipinski definition) is 0. The molecule has 0 radical (unpaired) electrons. The molecule has 0 spiro atoms. The number of aryl methyl sites for hydroxylation is 1. The van der Waals surface area contributed by atoms with Crippen molar-refractivity contribution in [2.24, 2.45) is 0 Å². The van der Waals surface area contributed by atoms with Crippen LogP contribution in [-0.2, 0) is 11.2 Å². The Bertz CT molecular complexity index is 856. The summed E-state index contributed by atoms with van der Waals surface area (Å²) in [7, 11) is 0. The number of benzene rings is 2. The number of rotatable bonds is 4. The van der Waals surface area contributed by atoms with E-state index < -0.39 is 0 Å². The minimum Gasteiger partial charge on any atom is -0.352 e. The number of halogens is 1. The van der Waals surface area contributed by atoms with Crippen molar-refractivity contribution in [2.75, 3.05) is 18.1 Å². The molecule has 1 aliphatic heterocycles. The Morgan fingerprint density at radius 2 is 1.92 bits per heavy atom. The van der Waals surface area contributed by atoms with E-state index in [2.05, 4.69) is 36.1 Å². The van der Waals surface area contributed by atoms with Crippen LogP contribution in [0.1, 0.15) is 24.3 Å². The summed E-state index contributed by atoms with van der Waals surface area (Å²) in [5, 5.41) is 0. The molecule has 128 valence electrons. The highest BCUT2D eigenvalue weighted by atomic mass is 19.1. The first kappa shape index (κ1) is 15.9. The zero-order valence-corrected chi connectivity index (χ0v) is 14.2. The minimum absolute atomic E-state index is 0.109. The van der Waals surface area contributed by atoms with E-state index in [0.29, 0.717) is 6.61 Å². The molecule has 25 heavy (non-hydrogen) atoms. The van der Waals surface area contributed by atoms with Crippen molar-refractivity contribution in [3.63, 3.8) is 0 Å². The highest BCUT2D eigenvalue weighted by molar-refractivity contribution is 5.50. The lowest BCUT2D eigenvalue weighted by molar-refractivity contribution is 0.114. The molecule has 2 aromatic carbocycles. The van der Waals surface area contributed by atoms with E-state index in [1.165, 1.54) is 23.4 Å². The first-order chi connectivity index (χ1) is 12.2. The smallest absolute Gasteiger partial charge is 0.158 e. The van der Waals surface area contributed by atoms with Crippen LogP contribution in [0.3, 0.4) is 0 Å². The van der Waals surface area contributed by atoms with Crippen molar-refractivity contribution >= 4 is 5.69 Å². The van der Waals surface area contributed by atoms with E-state index in [4.69, 9.17) is 4.74 Å². The zero-order chi connectivity index (χ0) is 17.2. The molecule has 3 aromatic rings. The second kappa shape index (κ2) is 6.73. The van der Waals surface area contributed by atoms with Gasteiger partial charge in [0.1, 0.15) is 5.82 Å². The highest BCUT2D eigenvalue weighted by Gasteiger charge is 2.27. The SMILES string of the molecule is CCc1ccc(N2CCO[C@H]2c2ccn(-c3cccc(F)c3)c2)cc1. The zero-order valence-electron chi connectivity index (χ0n) is 14.2. The number of aromatic nitrogens is 1. The van der Waals surface area contributed by atoms with E-state index >= 15 is 0 Å². The predicted octanol–water partition coefficient (Wildman–Crippen LogP) is 4.71. The van der Waals surface area contributed by atoms with Crippen LogP contribution in [0.4, 0.5) is 10.1 Å². The lowest BCUT2D eigenvalue weighted by atomic mass is 10.1. The molecular weight excluding hydrogens is 315 g/mol. The molecule has 1 aromatic heterocycles. The molecule has 4 rings (SSSR count). The van der Waals surface area contributed by atoms with Crippen molar-refractivity contribution in [1.82, 2.24) is 4.57 Å². The summed E-state index contributed by atoms with van der Waals surface area (Å²) in [6.45, 7) is 3.72. The standard InChI is InChI=1S/C21H21FN2O/c1-2-16-6-8-19(9-7-16)24-12-13-25-21(24)17-10-11-23(15-17)20-5-3-4-18(22)14-20/h3-11,14-15,21H,2,12-13H2,1H3/t21-/m0/s1. The van der Waals surface area contributed by atoms with Crippen LogP contribution in [-0.4, -0.2) is 17.7 Å². The van der Waals surface area contributed by atoms with E-state index in [1.807, 2.05) is 29.1 Å². The van der Waals surface area contributed by atoms with Crippen molar-refractivity contribution in [2.45, 2.75) is 19.6 Å². The van der Waals surface area contributed by atoms with Crippen LogP contribution in [0.15, 0.2) is 67.0 Å². The molecule has 4 heteroatoms. The van der Waals surface area contributed by atoms with Gasteiger partial charge in [0.2, 0.25) is 0 Å². The van der Waals surface area contributed by atoms with Crippen LogP contribution in [0.2, 0.25) is 0 Å². The third kappa shape index (κ3) is 3.17. The molecule has 0 saturated carbocycles. The first-order valence-corrected chi connectivity index (χ1v) is 8.65. The summed E-state index contributed by atoms with van der Waals surface area (Å²) in [5.74, 6) is -0.234. The Morgan fingerprint density at radius 3 is 2.68 bits per heavy atom. The molecule has 0 N–H and O–H groups in total. The van der Waals surface area contributed by atoms with Gasteiger partial charge in [-0.3, -0.25) is 0 Å². The number of anilines is 1. The fourth-order valence-electron chi connectivity index (χ4n) is 3.29. The third-order valence-corrected chi connectivity index (χ3v) is 4.67. The van der Waals surface area contributed by atoms with Crippen molar-refractivity contribution < 1.29 is 9.13 Å². The summed E-state index contributed by atoms with van der Waals surface area (Å²) in [4.78, 5) is 2.27. The predicted molar refractivity (Wildman–Crippen MR) is 97.6 cm³/mol. The van der Waals surface area contributed by atoms with Crippen LogP contribution in [0, 0.1) is 5.82 Å². The number of ether oxygens (including phenoxy) is 1. The quantitative estimate of drug-likeness (QED) is 0.686. The highest BCUT2D eigenvalue weighted by Crippen LogP contribution is 2.33. The Balaban J connectivity index is 1.60. The molecule has 1 atom stereocenters. The molecule has 1 aliphatic rings. The molecular formula is C21H21FN2O. The van der Waals surface area contributed by atoms with Gasteiger partial charge in [-0.2, -0.15) is 0 Å². The van der Waals surface area contributed by atoms with Gasteiger partial charge >= 0.3 is 0 Å². The Kier molecular flexibility index (Phi) is 4.28. The summed E-state index contributed by atoms with van der Waals surface area (Å²) in [5.41, 5.74) is 4.38. The van der Waals surface area contributed by atoms with Gasteiger partial charge in [0, 0.05) is 35.9 Å². The first-order valence-electron chi connectivity index (χ1n) is 8.65. The van der Waals surface area contributed by atoms with Gasteiger partial charge in [0.05, 0.1) is 6.61 Å². The molecule has 1 saturated heterocycles. The van der Waals surface area contributed by atoms with Gasteiger partial charge in [-0.15, -0.1) is 0 Å². The Hall–Kier alpha value is -2.59. The van der Waals surface area contributed by atoms with Crippen LogP contribution >= 0.6 is 0 Å². The van der Waals surface area contributed by atoms with Crippen molar-refractivity contribution in [3.05, 3.63) is 83.9 Å². The molecule has 0 aliphatic carbocycles. The minimum atomic E-state index is -0.234. The van der Waals surface area contributed by atoms with E-state index in [9.17, 15) is 4.39 Å². The second-order valence-electron chi connectivity index (χ2n) is 6.27. The fourth-order valence-corrected chi connectivity index (χ4v) is 3.29. The van der Waals surface area contributed by atoms with Gasteiger partial charge in [0.25, 0.3) is 0 Å². The normalized spacial score (nSPS) is 17.2. The molecule has 3 nitrogen and oxygen atoms in total. The second-order valence-corrected chi connectivity index (χ2v) is 6.27. The van der Waals surface area contributed by atoms with E-state index in [0.717, 1.165) is 24.2 Å². The average molecular weight is 336 g/mol. The summed E-state index contributed by atoms with van der Waals surface area (Å²) >= 11 is 0. The Morgan fingerprint density at radius 1 is 1.08 bits per heavy atom. The van der Waals surface area contributed by atoms with Crippen molar-refractivity contribution in [1.29, 1.82) is 0 Å². The lowest BCUT2D eigenvalue weighted by Gasteiger charge is -2.24. The van der Waals surface area contributed by atoms with Gasteiger partial charge in [-0.1, -0.05) is 25.1 Å². The number of hydrogen-bond acceptors (Lipinski definition) is 2. The topological polar surface area (TPSA) is 17.4 Å². The van der Waals surface area contributed by atoms with Gasteiger partial charge in [-0.25, -0.2) is 4.39 Å². The van der Waals surface area contributed by atoms with Crippen molar-refractivity contribution in [3.8, 4) is 5.69 Å². The van der Waals surface area contributed by atoms with Gasteiger partial charge in [0.15, 0.2) is 6.23 Å². The number of nitrogens with zero attached hydrogens (tertiary/aromatic N) is 2. The van der Waals surface area contributed by atoms with E-state index in [-0.39, 0.29) is 12.0 Å². The lowest BCUT2D eigenvalue weighted by Crippen LogP contribution is -2.22. The van der Waals surface area contributed by atoms with Crippen LogP contribution in [0.25, 0.3) is 5.69 Å². The largest absolute Gasteiger partial charge is 0.352 e. The summed E-state index contributed by atoms with van der Waals surface area (Å²) < 4.78 is 21.4. The third-order valence-electron chi connectivity index (χ3n) is 4.67. The van der Waals surface area contributed by atoms with E-state index in [1.54, 1.807) is 6.07 Å². The maximum Gasteiger partial charge on any atom is 0.158 e. The monoisotopic (exact) mass is 336 g/mol. The molecule has 0 bridgehead atoms. The summed E-state index contributed by atoms with van der Waals surface area (Å²) in [6, 6.07) is 17.3. The molecule has 0 amide bonds. The summed E-state index contributed by atoms with van der Waals surface area (Å²) in [6.07, 6.45) is 4.89. The van der Waals surface area contributed by atoms with Crippen LogP contribution < -0.4 is 4.90 Å². The average Bonchev–Trinajstić information content (AvgIpc) is 3.31. The maximum atomic E-state index is 13.5. The van der Waals surface area contributed by atoms with Gasteiger partial charge in [-0.05, 0) is 48.4 Å². The maximum absolute atomic E-state index is 13.5. The van der Waals surface area contributed by atoms with Crippen LogP contribution in [0.5, 0.6) is 0 Å². The molecule has 0 unspecified atom stereocenters.